The van der Waals surface area contributed by atoms with E-state index in [1.54, 1.807) is 0 Å². The van der Waals surface area contributed by atoms with E-state index in [1.807, 2.05) is 0 Å². The van der Waals surface area contributed by atoms with Crippen molar-refractivity contribution in [2.75, 3.05) is 6.61 Å². The Labute approximate surface area is 88.0 Å². The second-order valence-electron chi connectivity index (χ2n) is 4.13. The van der Waals surface area contributed by atoms with Gasteiger partial charge >= 0.3 is 0 Å². The summed E-state index contributed by atoms with van der Waals surface area (Å²) in [6, 6.07) is 0. The fourth-order valence-corrected chi connectivity index (χ4v) is 1.96. The Kier molecular flexibility index (Phi) is 6.20. The van der Waals surface area contributed by atoms with Crippen LogP contribution in [0.4, 0.5) is 0 Å². The number of hydrogen-bond donors (Lipinski definition) is 0. The van der Waals surface area contributed by atoms with Crippen LogP contribution < -0.4 is 0 Å². The van der Waals surface area contributed by atoms with Gasteiger partial charge in [0.2, 0.25) is 0 Å². The minimum Gasteiger partial charge on any atom is -0.353 e. The standard InChI is InChI=1S/C12H24O2/c1-3-7-11(8-4-2)14-12-9-5-6-10-13-12/h11-12H,3-10H2,1-2H3. The van der Waals surface area contributed by atoms with Gasteiger partial charge in [0, 0.05) is 6.61 Å². The van der Waals surface area contributed by atoms with Gasteiger partial charge in [-0.2, -0.15) is 0 Å². The molecule has 0 spiro atoms. The van der Waals surface area contributed by atoms with Crippen LogP contribution in [0.25, 0.3) is 0 Å². The monoisotopic (exact) mass is 200 g/mol. The maximum atomic E-state index is 5.95. The molecule has 1 heterocycles. The third-order valence-electron chi connectivity index (χ3n) is 2.70. The van der Waals surface area contributed by atoms with Crippen molar-refractivity contribution in [3.63, 3.8) is 0 Å². The lowest BCUT2D eigenvalue weighted by Gasteiger charge is -2.27. The molecule has 14 heavy (non-hydrogen) atoms. The third-order valence-corrected chi connectivity index (χ3v) is 2.70. The average Bonchev–Trinajstić information content (AvgIpc) is 2.20. The molecule has 0 saturated carbocycles. The lowest BCUT2D eigenvalue weighted by Crippen LogP contribution is -2.27. The van der Waals surface area contributed by atoms with E-state index in [0.717, 1.165) is 13.0 Å². The molecule has 1 aliphatic rings. The molecule has 1 fully saturated rings. The van der Waals surface area contributed by atoms with Gasteiger partial charge in [-0.15, -0.1) is 0 Å². The molecule has 0 amide bonds. The molecule has 0 aliphatic carbocycles. The zero-order valence-electron chi connectivity index (χ0n) is 9.63. The van der Waals surface area contributed by atoms with Crippen molar-refractivity contribution in [2.24, 2.45) is 0 Å². The molecule has 1 rings (SSSR count). The van der Waals surface area contributed by atoms with Crippen molar-refractivity contribution < 1.29 is 9.47 Å². The van der Waals surface area contributed by atoms with Gasteiger partial charge in [0.25, 0.3) is 0 Å². The summed E-state index contributed by atoms with van der Waals surface area (Å²) in [5.74, 6) is 0. The van der Waals surface area contributed by atoms with Gasteiger partial charge in [-0.25, -0.2) is 0 Å². The Bertz CT molecular complexity index is 124. The van der Waals surface area contributed by atoms with E-state index in [1.165, 1.54) is 38.5 Å². The Morgan fingerprint density at radius 2 is 1.93 bits per heavy atom. The first kappa shape index (κ1) is 12.0. The number of rotatable bonds is 6. The number of hydrogen-bond acceptors (Lipinski definition) is 2. The fourth-order valence-electron chi connectivity index (χ4n) is 1.96. The smallest absolute Gasteiger partial charge is 0.157 e. The van der Waals surface area contributed by atoms with Crippen molar-refractivity contribution in [3.05, 3.63) is 0 Å². The molecule has 84 valence electrons. The molecule has 0 bridgehead atoms. The van der Waals surface area contributed by atoms with E-state index in [9.17, 15) is 0 Å². The van der Waals surface area contributed by atoms with Gasteiger partial charge in [0.05, 0.1) is 6.10 Å². The van der Waals surface area contributed by atoms with E-state index in [0.29, 0.717) is 6.10 Å². The molecule has 2 heteroatoms. The molecule has 1 saturated heterocycles. The molecule has 0 aromatic carbocycles. The van der Waals surface area contributed by atoms with Crippen LogP contribution in [0.2, 0.25) is 0 Å². The van der Waals surface area contributed by atoms with Gasteiger partial charge in [-0.1, -0.05) is 26.7 Å². The first-order valence-corrected chi connectivity index (χ1v) is 6.13. The topological polar surface area (TPSA) is 18.5 Å². The Morgan fingerprint density at radius 1 is 1.21 bits per heavy atom. The molecule has 1 aliphatic heterocycles. The van der Waals surface area contributed by atoms with Crippen LogP contribution in [0.1, 0.15) is 58.8 Å². The predicted octanol–water partition coefficient (Wildman–Crippen LogP) is 3.50. The van der Waals surface area contributed by atoms with Crippen LogP contribution in [0.5, 0.6) is 0 Å². The minimum absolute atomic E-state index is 0.0897. The summed E-state index contributed by atoms with van der Waals surface area (Å²) in [5, 5.41) is 0. The van der Waals surface area contributed by atoms with Gasteiger partial charge in [-0.05, 0) is 32.1 Å². The fraction of sp³-hybridized carbons (Fsp3) is 1.00. The van der Waals surface area contributed by atoms with Crippen LogP contribution in [-0.4, -0.2) is 19.0 Å². The second-order valence-corrected chi connectivity index (χ2v) is 4.13. The van der Waals surface area contributed by atoms with Crippen LogP contribution in [0.3, 0.4) is 0 Å². The Morgan fingerprint density at radius 3 is 2.43 bits per heavy atom. The summed E-state index contributed by atoms with van der Waals surface area (Å²) in [7, 11) is 0. The van der Waals surface area contributed by atoms with E-state index in [-0.39, 0.29) is 6.29 Å². The molecule has 2 nitrogen and oxygen atoms in total. The molecule has 0 radical (unpaired) electrons. The Balaban J connectivity index is 2.21. The zero-order valence-corrected chi connectivity index (χ0v) is 9.63. The highest BCUT2D eigenvalue weighted by Gasteiger charge is 2.18. The van der Waals surface area contributed by atoms with E-state index in [4.69, 9.17) is 9.47 Å². The minimum atomic E-state index is 0.0897. The molecule has 1 atom stereocenters. The lowest BCUT2D eigenvalue weighted by atomic mass is 10.1. The summed E-state index contributed by atoms with van der Waals surface area (Å²) in [6.45, 7) is 5.32. The highest BCUT2D eigenvalue weighted by Crippen LogP contribution is 2.19. The van der Waals surface area contributed by atoms with Crippen molar-refractivity contribution in [1.82, 2.24) is 0 Å². The van der Waals surface area contributed by atoms with Crippen LogP contribution in [-0.2, 0) is 9.47 Å². The van der Waals surface area contributed by atoms with Crippen molar-refractivity contribution in [1.29, 1.82) is 0 Å². The zero-order chi connectivity index (χ0) is 10.2. The van der Waals surface area contributed by atoms with E-state index >= 15 is 0 Å². The summed E-state index contributed by atoms with van der Waals surface area (Å²) < 4.78 is 11.5. The highest BCUT2D eigenvalue weighted by atomic mass is 16.7. The van der Waals surface area contributed by atoms with Gasteiger partial charge in [0.15, 0.2) is 6.29 Å². The quantitative estimate of drug-likeness (QED) is 0.653. The maximum absolute atomic E-state index is 5.95. The van der Waals surface area contributed by atoms with E-state index in [2.05, 4.69) is 13.8 Å². The molecule has 0 aromatic heterocycles. The van der Waals surface area contributed by atoms with Crippen molar-refractivity contribution in [3.8, 4) is 0 Å². The van der Waals surface area contributed by atoms with Gasteiger partial charge in [-0.3, -0.25) is 0 Å². The summed E-state index contributed by atoms with van der Waals surface area (Å²) in [6.07, 6.45) is 8.82. The predicted molar refractivity (Wildman–Crippen MR) is 58.3 cm³/mol. The van der Waals surface area contributed by atoms with Crippen molar-refractivity contribution in [2.45, 2.75) is 71.2 Å². The molecular formula is C12H24O2. The summed E-state index contributed by atoms with van der Waals surface area (Å²) in [5.41, 5.74) is 0. The average molecular weight is 200 g/mol. The third kappa shape index (κ3) is 4.43. The normalized spacial score (nSPS) is 22.9. The van der Waals surface area contributed by atoms with Gasteiger partial charge in [0.1, 0.15) is 0 Å². The van der Waals surface area contributed by atoms with Crippen LogP contribution >= 0.6 is 0 Å². The maximum Gasteiger partial charge on any atom is 0.157 e. The first-order valence-electron chi connectivity index (χ1n) is 6.13. The molecule has 0 aromatic rings. The largest absolute Gasteiger partial charge is 0.353 e. The van der Waals surface area contributed by atoms with Gasteiger partial charge < -0.3 is 9.47 Å². The first-order chi connectivity index (χ1) is 6.86. The molecule has 0 N–H and O–H groups in total. The molecule has 1 unspecified atom stereocenters. The summed E-state index contributed by atoms with van der Waals surface area (Å²) in [4.78, 5) is 0. The van der Waals surface area contributed by atoms with Crippen molar-refractivity contribution >= 4 is 0 Å². The summed E-state index contributed by atoms with van der Waals surface area (Å²) >= 11 is 0. The second kappa shape index (κ2) is 7.24. The molecular weight excluding hydrogens is 176 g/mol. The SMILES string of the molecule is CCCC(CCC)OC1CCCCO1. The van der Waals surface area contributed by atoms with E-state index < -0.39 is 0 Å². The van der Waals surface area contributed by atoms with Crippen LogP contribution in [0, 0.1) is 0 Å². The highest BCUT2D eigenvalue weighted by molar-refractivity contribution is 4.61. The number of ether oxygens (including phenoxy) is 2. The van der Waals surface area contributed by atoms with Crippen LogP contribution in [0.15, 0.2) is 0 Å². The Hall–Kier alpha value is -0.0800. The lowest BCUT2D eigenvalue weighted by molar-refractivity contribution is -0.190.